The van der Waals surface area contributed by atoms with Crippen LogP contribution in [0.25, 0.3) is 16.9 Å². The second kappa shape index (κ2) is 7.83. The maximum absolute atomic E-state index is 12.6. The van der Waals surface area contributed by atoms with Crippen molar-refractivity contribution >= 4 is 5.91 Å². The van der Waals surface area contributed by atoms with Crippen molar-refractivity contribution in [2.45, 2.75) is 12.5 Å². The SMILES string of the molecule is O=C(NCC1Cc2cccc(-c3ccccn3)c2O1)c1ccc(-n2cccn2)cc1. The summed E-state index contributed by atoms with van der Waals surface area (Å²) in [5.41, 5.74) is 4.53. The number of fused-ring (bicyclic) bond motifs is 1. The van der Waals surface area contributed by atoms with Crippen LogP contribution in [0.15, 0.2) is 85.3 Å². The molecule has 0 saturated heterocycles. The molecule has 2 aromatic carbocycles. The average Bonchev–Trinajstić information content (AvgIpc) is 3.48. The highest BCUT2D eigenvalue weighted by Crippen LogP contribution is 2.37. The minimum Gasteiger partial charge on any atom is -0.487 e. The van der Waals surface area contributed by atoms with Gasteiger partial charge in [0.25, 0.3) is 5.91 Å². The van der Waals surface area contributed by atoms with E-state index in [1.807, 2.05) is 54.7 Å². The van der Waals surface area contributed by atoms with Crippen molar-refractivity contribution in [2.75, 3.05) is 6.54 Å². The first kappa shape index (κ1) is 18.1. The zero-order valence-corrected chi connectivity index (χ0v) is 16.2. The van der Waals surface area contributed by atoms with Gasteiger partial charge in [-0.3, -0.25) is 9.78 Å². The first-order valence-corrected chi connectivity index (χ1v) is 9.86. The smallest absolute Gasteiger partial charge is 0.251 e. The van der Waals surface area contributed by atoms with Crippen molar-refractivity contribution in [1.82, 2.24) is 20.1 Å². The largest absolute Gasteiger partial charge is 0.487 e. The molecule has 1 atom stereocenters. The molecule has 148 valence electrons. The van der Waals surface area contributed by atoms with E-state index in [0.29, 0.717) is 12.1 Å². The summed E-state index contributed by atoms with van der Waals surface area (Å²) in [6.07, 6.45) is 6.02. The van der Waals surface area contributed by atoms with Crippen molar-refractivity contribution < 1.29 is 9.53 Å². The standard InChI is InChI=1S/C24H20N4O2/c29-24(17-8-10-19(11-9-17)28-14-4-13-27-28)26-16-20-15-18-5-3-6-21(23(18)30-20)22-7-1-2-12-25-22/h1-14,20H,15-16H2,(H,26,29). The highest BCUT2D eigenvalue weighted by molar-refractivity contribution is 5.94. The quantitative estimate of drug-likeness (QED) is 0.559. The Morgan fingerprint density at radius 1 is 1.03 bits per heavy atom. The fraction of sp³-hybridized carbons (Fsp3) is 0.125. The summed E-state index contributed by atoms with van der Waals surface area (Å²) < 4.78 is 7.93. The molecular formula is C24H20N4O2. The Morgan fingerprint density at radius 3 is 2.70 bits per heavy atom. The third kappa shape index (κ3) is 3.55. The molecule has 0 aliphatic carbocycles. The van der Waals surface area contributed by atoms with Crippen LogP contribution >= 0.6 is 0 Å². The van der Waals surface area contributed by atoms with Gasteiger partial charge in [0.1, 0.15) is 11.9 Å². The number of pyridine rings is 1. The Morgan fingerprint density at radius 2 is 1.93 bits per heavy atom. The molecule has 1 aliphatic heterocycles. The maximum Gasteiger partial charge on any atom is 0.251 e. The van der Waals surface area contributed by atoms with E-state index in [2.05, 4.69) is 21.5 Å². The van der Waals surface area contributed by atoms with Crippen molar-refractivity contribution in [3.05, 3.63) is 96.4 Å². The summed E-state index contributed by atoms with van der Waals surface area (Å²) in [5, 5.41) is 7.18. The van der Waals surface area contributed by atoms with Crippen LogP contribution in [0.4, 0.5) is 0 Å². The fourth-order valence-electron chi connectivity index (χ4n) is 3.67. The van der Waals surface area contributed by atoms with Gasteiger partial charge in [0.2, 0.25) is 0 Å². The van der Waals surface area contributed by atoms with Crippen molar-refractivity contribution in [2.24, 2.45) is 0 Å². The summed E-state index contributed by atoms with van der Waals surface area (Å²) in [4.78, 5) is 17.0. The number of rotatable bonds is 5. The van der Waals surface area contributed by atoms with E-state index in [0.717, 1.165) is 34.7 Å². The van der Waals surface area contributed by atoms with Gasteiger partial charge in [-0.1, -0.05) is 18.2 Å². The predicted octanol–water partition coefficient (Wildman–Crippen LogP) is 3.67. The van der Waals surface area contributed by atoms with Crippen LogP contribution in [0.5, 0.6) is 5.75 Å². The first-order valence-electron chi connectivity index (χ1n) is 9.86. The number of para-hydroxylation sites is 1. The topological polar surface area (TPSA) is 69.0 Å². The highest BCUT2D eigenvalue weighted by atomic mass is 16.5. The number of carbonyl (C=O) groups excluding carboxylic acids is 1. The van der Waals surface area contributed by atoms with Crippen LogP contribution < -0.4 is 10.1 Å². The molecule has 0 spiro atoms. The number of benzene rings is 2. The van der Waals surface area contributed by atoms with Gasteiger partial charge in [0, 0.05) is 36.1 Å². The van der Waals surface area contributed by atoms with E-state index < -0.39 is 0 Å². The lowest BCUT2D eigenvalue weighted by Crippen LogP contribution is -2.34. The van der Waals surface area contributed by atoms with Crippen LogP contribution in [0.3, 0.4) is 0 Å². The van der Waals surface area contributed by atoms with Gasteiger partial charge in [0.15, 0.2) is 0 Å². The average molecular weight is 396 g/mol. The van der Waals surface area contributed by atoms with Crippen LogP contribution in [-0.2, 0) is 6.42 Å². The van der Waals surface area contributed by atoms with Crippen LogP contribution in [0, 0.1) is 0 Å². The number of aromatic nitrogens is 3. The van der Waals surface area contributed by atoms with Crippen molar-refractivity contribution in [1.29, 1.82) is 0 Å². The molecule has 6 heteroatoms. The van der Waals surface area contributed by atoms with E-state index in [1.165, 1.54) is 0 Å². The van der Waals surface area contributed by atoms with Crippen LogP contribution in [-0.4, -0.2) is 33.3 Å². The number of amides is 1. The zero-order valence-electron chi connectivity index (χ0n) is 16.2. The lowest BCUT2D eigenvalue weighted by molar-refractivity contribution is 0.0933. The summed E-state index contributed by atoms with van der Waals surface area (Å²) >= 11 is 0. The van der Waals surface area contributed by atoms with Crippen LogP contribution in [0.2, 0.25) is 0 Å². The second-order valence-electron chi connectivity index (χ2n) is 7.16. The first-order chi connectivity index (χ1) is 14.8. The third-order valence-electron chi connectivity index (χ3n) is 5.16. The molecule has 0 fully saturated rings. The number of nitrogens with one attached hydrogen (secondary N) is 1. The fourth-order valence-corrected chi connectivity index (χ4v) is 3.67. The Hall–Kier alpha value is -3.93. The molecule has 0 saturated carbocycles. The van der Waals surface area contributed by atoms with Gasteiger partial charge in [-0.25, -0.2) is 4.68 Å². The molecule has 1 amide bonds. The molecule has 0 bridgehead atoms. The Balaban J connectivity index is 1.23. The molecule has 1 unspecified atom stereocenters. The number of hydrogen-bond acceptors (Lipinski definition) is 4. The lowest BCUT2D eigenvalue weighted by atomic mass is 10.0. The molecule has 0 radical (unpaired) electrons. The van der Waals surface area contributed by atoms with E-state index in [-0.39, 0.29) is 12.0 Å². The molecular weight excluding hydrogens is 376 g/mol. The van der Waals surface area contributed by atoms with E-state index in [1.54, 1.807) is 29.2 Å². The van der Waals surface area contributed by atoms with Crippen molar-refractivity contribution in [3.8, 4) is 22.7 Å². The number of hydrogen-bond donors (Lipinski definition) is 1. The molecule has 2 aromatic heterocycles. The third-order valence-corrected chi connectivity index (χ3v) is 5.16. The Bertz CT molecular complexity index is 1160. The summed E-state index contributed by atoms with van der Waals surface area (Å²) in [6, 6.07) is 21.2. The van der Waals surface area contributed by atoms with Gasteiger partial charge in [-0.2, -0.15) is 5.10 Å². The van der Waals surface area contributed by atoms with Gasteiger partial charge >= 0.3 is 0 Å². The Kier molecular flexibility index (Phi) is 4.73. The summed E-state index contributed by atoms with van der Waals surface area (Å²) in [7, 11) is 0. The number of ether oxygens (including phenoxy) is 1. The summed E-state index contributed by atoms with van der Waals surface area (Å²) in [5.74, 6) is 0.741. The monoisotopic (exact) mass is 396 g/mol. The molecule has 3 heterocycles. The van der Waals surface area contributed by atoms with Gasteiger partial charge < -0.3 is 10.1 Å². The zero-order chi connectivity index (χ0) is 20.3. The normalized spacial score (nSPS) is 14.7. The molecule has 30 heavy (non-hydrogen) atoms. The molecule has 4 aromatic rings. The van der Waals surface area contributed by atoms with Gasteiger partial charge in [-0.05, 0) is 54.1 Å². The maximum atomic E-state index is 12.6. The lowest BCUT2D eigenvalue weighted by Gasteiger charge is -2.13. The summed E-state index contributed by atoms with van der Waals surface area (Å²) in [6.45, 7) is 0.441. The van der Waals surface area contributed by atoms with E-state index in [9.17, 15) is 4.79 Å². The minimum atomic E-state index is -0.119. The minimum absolute atomic E-state index is 0.0999. The van der Waals surface area contributed by atoms with E-state index in [4.69, 9.17) is 4.74 Å². The molecule has 1 aliphatic rings. The van der Waals surface area contributed by atoms with Crippen LogP contribution in [0.1, 0.15) is 15.9 Å². The number of carbonyl (C=O) groups is 1. The van der Waals surface area contributed by atoms with Gasteiger partial charge in [-0.15, -0.1) is 0 Å². The van der Waals surface area contributed by atoms with Gasteiger partial charge in [0.05, 0.1) is 17.9 Å². The molecule has 5 rings (SSSR count). The Labute approximate surface area is 174 Å². The van der Waals surface area contributed by atoms with E-state index >= 15 is 0 Å². The highest BCUT2D eigenvalue weighted by Gasteiger charge is 2.26. The molecule has 1 N–H and O–H groups in total. The second-order valence-corrected chi connectivity index (χ2v) is 7.16. The number of nitrogens with zero attached hydrogens (tertiary/aromatic N) is 3. The van der Waals surface area contributed by atoms with Crippen molar-refractivity contribution in [3.63, 3.8) is 0 Å². The molecule has 6 nitrogen and oxygen atoms in total. The predicted molar refractivity (Wildman–Crippen MR) is 114 cm³/mol.